The molecule has 0 saturated heterocycles. The van der Waals surface area contributed by atoms with Crippen LogP contribution in [0, 0.1) is 0 Å². The van der Waals surface area contributed by atoms with Gasteiger partial charge in [0, 0.05) is 17.6 Å². The van der Waals surface area contributed by atoms with Gasteiger partial charge in [0.2, 0.25) is 0 Å². The van der Waals surface area contributed by atoms with Gasteiger partial charge >= 0.3 is 0 Å². The Morgan fingerprint density at radius 1 is 1.38 bits per heavy atom. The molecule has 3 nitrogen and oxygen atoms in total. The summed E-state index contributed by atoms with van der Waals surface area (Å²) in [5.74, 6) is 0. The van der Waals surface area contributed by atoms with Gasteiger partial charge < -0.3 is 5.11 Å². The fourth-order valence-corrected chi connectivity index (χ4v) is 1.50. The maximum Gasteiger partial charge on any atom is 0.187 e. The summed E-state index contributed by atoms with van der Waals surface area (Å²) in [6.07, 6.45) is 3.40. The van der Waals surface area contributed by atoms with Crippen LogP contribution in [0.25, 0.3) is 0 Å². The topological polar surface area (TPSA) is 46.0 Å². The highest BCUT2D eigenvalue weighted by Crippen LogP contribution is 2.26. The van der Waals surface area contributed by atoms with Crippen molar-refractivity contribution in [2.75, 3.05) is 0 Å². The lowest BCUT2D eigenvalue weighted by molar-refractivity contribution is 0.0823. The first kappa shape index (κ1) is 10.5. The van der Waals surface area contributed by atoms with E-state index in [0.29, 0.717) is 5.16 Å². The molecule has 1 unspecified atom stereocenters. The van der Waals surface area contributed by atoms with E-state index in [-0.39, 0.29) is 5.25 Å². The van der Waals surface area contributed by atoms with Crippen LogP contribution in [0.15, 0.2) is 23.6 Å². The molecule has 4 heteroatoms. The lowest BCUT2D eigenvalue weighted by atomic mass is 10.1. The molecule has 0 aliphatic heterocycles. The van der Waals surface area contributed by atoms with E-state index >= 15 is 0 Å². The van der Waals surface area contributed by atoms with Crippen molar-refractivity contribution in [1.29, 1.82) is 0 Å². The zero-order valence-corrected chi connectivity index (χ0v) is 8.88. The molecule has 1 aromatic heterocycles. The van der Waals surface area contributed by atoms with Gasteiger partial charge in [-0.05, 0) is 19.9 Å². The summed E-state index contributed by atoms with van der Waals surface area (Å²) in [6.45, 7) is 5.53. The molecule has 1 aromatic rings. The third-order valence-electron chi connectivity index (χ3n) is 1.82. The summed E-state index contributed by atoms with van der Waals surface area (Å²) in [5, 5.41) is 10.5. The van der Waals surface area contributed by atoms with E-state index in [1.54, 1.807) is 32.3 Å². The SMILES string of the molecule is CC(Sc1ncccn1)C(C)(C)O. The van der Waals surface area contributed by atoms with E-state index in [1.807, 2.05) is 6.92 Å². The van der Waals surface area contributed by atoms with E-state index in [0.717, 1.165) is 0 Å². The van der Waals surface area contributed by atoms with Crippen molar-refractivity contribution in [3.63, 3.8) is 0 Å². The Bertz CT molecular complexity index is 258. The molecule has 13 heavy (non-hydrogen) atoms. The molecule has 0 bridgehead atoms. The Balaban J connectivity index is 2.61. The number of hydrogen-bond donors (Lipinski definition) is 1. The summed E-state index contributed by atoms with van der Waals surface area (Å²) in [7, 11) is 0. The number of hydrogen-bond acceptors (Lipinski definition) is 4. The second-order valence-electron chi connectivity index (χ2n) is 3.45. The van der Waals surface area contributed by atoms with E-state index in [1.165, 1.54) is 11.8 Å². The third-order valence-corrected chi connectivity index (χ3v) is 3.17. The Morgan fingerprint density at radius 3 is 2.38 bits per heavy atom. The fraction of sp³-hybridized carbons (Fsp3) is 0.556. The summed E-state index contributed by atoms with van der Waals surface area (Å²) in [4.78, 5) is 8.15. The second kappa shape index (κ2) is 4.07. The second-order valence-corrected chi connectivity index (χ2v) is 4.75. The largest absolute Gasteiger partial charge is 0.389 e. The predicted octanol–water partition coefficient (Wildman–Crippen LogP) is 1.73. The smallest absolute Gasteiger partial charge is 0.187 e. The standard InChI is InChI=1S/C9H14N2OS/c1-7(9(2,3)12)13-8-10-5-4-6-11-8/h4-7,12H,1-3H3. The number of aromatic nitrogens is 2. The summed E-state index contributed by atoms with van der Waals surface area (Å²) in [5.41, 5.74) is -0.704. The molecule has 0 aliphatic carbocycles. The monoisotopic (exact) mass is 198 g/mol. The predicted molar refractivity (Wildman–Crippen MR) is 53.6 cm³/mol. The lowest BCUT2D eigenvalue weighted by Crippen LogP contribution is -2.30. The summed E-state index contributed by atoms with van der Waals surface area (Å²) < 4.78 is 0. The highest BCUT2D eigenvalue weighted by Gasteiger charge is 2.23. The van der Waals surface area contributed by atoms with E-state index in [2.05, 4.69) is 9.97 Å². The van der Waals surface area contributed by atoms with Crippen LogP contribution in [-0.4, -0.2) is 25.9 Å². The van der Waals surface area contributed by atoms with Crippen LogP contribution >= 0.6 is 11.8 Å². The molecular weight excluding hydrogens is 184 g/mol. The van der Waals surface area contributed by atoms with Gasteiger partial charge in [-0.15, -0.1) is 0 Å². The maximum atomic E-state index is 9.67. The molecular formula is C9H14N2OS. The van der Waals surface area contributed by atoms with Crippen LogP contribution in [0.1, 0.15) is 20.8 Å². The number of aliphatic hydroxyl groups is 1. The average molecular weight is 198 g/mol. The van der Waals surface area contributed by atoms with Gasteiger partial charge in [0.15, 0.2) is 5.16 Å². The fourth-order valence-electron chi connectivity index (χ4n) is 0.649. The molecule has 0 fully saturated rings. The summed E-state index contributed by atoms with van der Waals surface area (Å²) >= 11 is 1.48. The van der Waals surface area contributed by atoms with Crippen molar-refractivity contribution < 1.29 is 5.11 Å². The number of thioether (sulfide) groups is 1. The van der Waals surface area contributed by atoms with E-state index in [4.69, 9.17) is 0 Å². The first-order chi connectivity index (χ1) is 6.00. The average Bonchev–Trinajstić information content (AvgIpc) is 2.04. The number of nitrogens with zero attached hydrogens (tertiary/aromatic N) is 2. The van der Waals surface area contributed by atoms with Crippen LogP contribution in [0.2, 0.25) is 0 Å². The van der Waals surface area contributed by atoms with Gasteiger partial charge in [-0.1, -0.05) is 18.7 Å². The van der Waals surface area contributed by atoms with Crippen molar-refractivity contribution in [1.82, 2.24) is 9.97 Å². The zero-order chi connectivity index (χ0) is 9.90. The molecule has 1 N–H and O–H groups in total. The Labute approximate surface area is 82.6 Å². The van der Waals surface area contributed by atoms with Crippen molar-refractivity contribution in [2.24, 2.45) is 0 Å². The minimum atomic E-state index is -0.704. The summed E-state index contributed by atoms with van der Waals surface area (Å²) in [6, 6.07) is 1.78. The van der Waals surface area contributed by atoms with Gasteiger partial charge in [0.25, 0.3) is 0 Å². The molecule has 0 aromatic carbocycles. The van der Waals surface area contributed by atoms with Crippen LogP contribution in [0.5, 0.6) is 0 Å². The normalized spacial score (nSPS) is 14.2. The molecule has 0 radical (unpaired) electrons. The minimum absolute atomic E-state index is 0.0786. The minimum Gasteiger partial charge on any atom is -0.389 e. The Kier molecular flexibility index (Phi) is 3.27. The highest BCUT2D eigenvalue weighted by molar-refractivity contribution is 7.99. The first-order valence-corrected chi connectivity index (χ1v) is 5.04. The van der Waals surface area contributed by atoms with Gasteiger partial charge in [0.1, 0.15) is 0 Å². The first-order valence-electron chi connectivity index (χ1n) is 4.16. The van der Waals surface area contributed by atoms with Crippen molar-refractivity contribution in [3.05, 3.63) is 18.5 Å². The van der Waals surface area contributed by atoms with Crippen LogP contribution < -0.4 is 0 Å². The molecule has 0 amide bonds. The van der Waals surface area contributed by atoms with Gasteiger partial charge in [-0.3, -0.25) is 0 Å². The van der Waals surface area contributed by atoms with Gasteiger partial charge in [-0.25, -0.2) is 9.97 Å². The van der Waals surface area contributed by atoms with Gasteiger partial charge in [0.05, 0.1) is 5.60 Å². The quantitative estimate of drug-likeness (QED) is 0.593. The van der Waals surface area contributed by atoms with Gasteiger partial charge in [-0.2, -0.15) is 0 Å². The van der Waals surface area contributed by atoms with E-state index < -0.39 is 5.60 Å². The van der Waals surface area contributed by atoms with Crippen LogP contribution in [-0.2, 0) is 0 Å². The van der Waals surface area contributed by atoms with Crippen molar-refractivity contribution in [3.8, 4) is 0 Å². The molecule has 0 spiro atoms. The van der Waals surface area contributed by atoms with E-state index in [9.17, 15) is 5.11 Å². The molecule has 1 rings (SSSR count). The Hall–Kier alpha value is -0.610. The number of rotatable bonds is 3. The molecule has 1 atom stereocenters. The highest BCUT2D eigenvalue weighted by atomic mass is 32.2. The van der Waals surface area contributed by atoms with Crippen molar-refractivity contribution >= 4 is 11.8 Å². The van der Waals surface area contributed by atoms with Crippen LogP contribution in [0.4, 0.5) is 0 Å². The molecule has 0 saturated carbocycles. The maximum absolute atomic E-state index is 9.67. The molecule has 0 aliphatic rings. The van der Waals surface area contributed by atoms with Crippen LogP contribution in [0.3, 0.4) is 0 Å². The Morgan fingerprint density at radius 2 is 1.92 bits per heavy atom. The zero-order valence-electron chi connectivity index (χ0n) is 8.06. The molecule has 1 heterocycles. The lowest BCUT2D eigenvalue weighted by Gasteiger charge is -2.24. The molecule has 72 valence electrons. The van der Waals surface area contributed by atoms with Crippen molar-refractivity contribution in [2.45, 2.75) is 36.8 Å². The third kappa shape index (κ3) is 3.32.